The van der Waals surface area contributed by atoms with Crippen LogP contribution < -0.4 is 20.1 Å². The summed E-state index contributed by atoms with van der Waals surface area (Å²) in [6.45, 7) is 4.70. The average Bonchev–Trinajstić information content (AvgIpc) is 2.36. The van der Waals surface area contributed by atoms with Gasteiger partial charge in [0.2, 0.25) is 5.91 Å². The Morgan fingerprint density at radius 2 is 2.05 bits per heavy atom. The van der Waals surface area contributed by atoms with Crippen molar-refractivity contribution in [3.63, 3.8) is 0 Å². The second-order valence-electron chi connectivity index (χ2n) is 4.99. The monoisotopic (exact) mass is 262 g/mol. The third kappa shape index (κ3) is 2.51. The molecule has 2 N–H and O–H groups in total. The van der Waals surface area contributed by atoms with E-state index in [1.165, 1.54) is 0 Å². The summed E-state index contributed by atoms with van der Waals surface area (Å²) in [5.41, 5.74) is 1.03. The predicted molar refractivity (Wildman–Crippen MR) is 70.3 cm³/mol. The topological polar surface area (TPSA) is 59.6 Å². The molecule has 0 radical (unpaired) electrons. The lowest BCUT2D eigenvalue weighted by Crippen LogP contribution is -2.51. The van der Waals surface area contributed by atoms with Gasteiger partial charge in [-0.05, 0) is 24.6 Å². The molecule has 5 nitrogen and oxygen atoms in total. The van der Waals surface area contributed by atoms with Crippen LogP contribution in [0.4, 0.5) is 0 Å². The number of carbonyl (C=O) groups excluding carboxylic acids is 1. The smallest absolute Gasteiger partial charge is 0.226 e. The Morgan fingerprint density at radius 1 is 1.32 bits per heavy atom. The molecule has 1 aromatic carbocycles. The highest BCUT2D eigenvalue weighted by molar-refractivity contribution is 5.80. The van der Waals surface area contributed by atoms with E-state index in [0.717, 1.165) is 30.2 Å². The molecule has 1 aromatic rings. The number of fused-ring (bicyclic) bond motifs is 1. The van der Waals surface area contributed by atoms with Crippen LogP contribution in [-0.2, 0) is 4.79 Å². The maximum absolute atomic E-state index is 11.9. The van der Waals surface area contributed by atoms with Gasteiger partial charge in [-0.25, -0.2) is 0 Å². The summed E-state index contributed by atoms with van der Waals surface area (Å²) in [5, 5.41) is 6.13. The van der Waals surface area contributed by atoms with Gasteiger partial charge in [-0.1, -0.05) is 6.07 Å². The second-order valence-corrected chi connectivity index (χ2v) is 4.99. The molecule has 2 heterocycles. The molecule has 0 aliphatic carbocycles. The first-order valence-electron chi connectivity index (χ1n) is 6.64. The quantitative estimate of drug-likeness (QED) is 0.848. The Kier molecular flexibility index (Phi) is 3.29. The minimum atomic E-state index is -0.0241. The Balaban J connectivity index is 1.68. The summed E-state index contributed by atoms with van der Waals surface area (Å²) in [4.78, 5) is 11.9. The number of hydrogen-bond acceptors (Lipinski definition) is 4. The van der Waals surface area contributed by atoms with Crippen LogP contribution in [0.25, 0.3) is 0 Å². The molecular formula is C14H18N2O3. The highest BCUT2D eigenvalue weighted by Crippen LogP contribution is 2.32. The lowest BCUT2D eigenvalue weighted by Gasteiger charge is -2.28. The van der Waals surface area contributed by atoms with Crippen molar-refractivity contribution in [3.05, 3.63) is 23.8 Å². The van der Waals surface area contributed by atoms with E-state index >= 15 is 0 Å². The van der Waals surface area contributed by atoms with E-state index < -0.39 is 0 Å². The van der Waals surface area contributed by atoms with E-state index in [2.05, 4.69) is 10.6 Å². The van der Waals surface area contributed by atoms with E-state index in [4.69, 9.17) is 9.47 Å². The fourth-order valence-corrected chi connectivity index (χ4v) is 2.22. The molecule has 1 unspecified atom stereocenters. The van der Waals surface area contributed by atoms with Crippen LogP contribution in [0.3, 0.4) is 0 Å². The summed E-state index contributed by atoms with van der Waals surface area (Å²) in [5.74, 6) is 1.76. The molecule has 0 saturated carbocycles. The number of hydrogen-bond donors (Lipinski definition) is 2. The lowest BCUT2D eigenvalue weighted by molar-refractivity contribution is -0.127. The predicted octanol–water partition coefficient (Wildman–Crippen LogP) is 0.854. The van der Waals surface area contributed by atoms with E-state index in [-0.39, 0.29) is 17.9 Å². The molecule has 1 amide bonds. The van der Waals surface area contributed by atoms with Gasteiger partial charge < -0.3 is 20.1 Å². The molecule has 5 heteroatoms. The highest BCUT2D eigenvalue weighted by atomic mass is 16.6. The summed E-state index contributed by atoms with van der Waals surface area (Å²) in [6, 6.07) is 5.79. The van der Waals surface area contributed by atoms with Crippen molar-refractivity contribution in [1.82, 2.24) is 10.6 Å². The minimum Gasteiger partial charge on any atom is -0.486 e. The Bertz CT molecular complexity index is 486. The van der Waals surface area contributed by atoms with Crippen LogP contribution in [0.2, 0.25) is 0 Å². The van der Waals surface area contributed by atoms with Gasteiger partial charge >= 0.3 is 0 Å². The van der Waals surface area contributed by atoms with Crippen molar-refractivity contribution in [2.45, 2.75) is 13.0 Å². The van der Waals surface area contributed by atoms with Gasteiger partial charge in [-0.3, -0.25) is 4.79 Å². The van der Waals surface area contributed by atoms with E-state index in [1.807, 2.05) is 25.1 Å². The van der Waals surface area contributed by atoms with Crippen molar-refractivity contribution in [3.8, 4) is 11.5 Å². The van der Waals surface area contributed by atoms with Gasteiger partial charge in [0.25, 0.3) is 0 Å². The zero-order valence-corrected chi connectivity index (χ0v) is 10.9. The molecule has 2 aliphatic rings. The minimum absolute atomic E-state index is 0.0241. The van der Waals surface area contributed by atoms with Crippen LogP contribution in [0.15, 0.2) is 18.2 Å². The first kappa shape index (κ1) is 12.3. The molecule has 0 spiro atoms. The van der Waals surface area contributed by atoms with Gasteiger partial charge in [0, 0.05) is 13.1 Å². The molecule has 3 rings (SSSR count). The van der Waals surface area contributed by atoms with Gasteiger partial charge in [-0.2, -0.15) is 0 Å². The van der Waals surface area contributed by atoms with E-state index in [9.17, 15) is 4.79 Å². The van der Waals surface area contributed by atoms with Crippen LogP contribution in [0.1, 0.15) is 18.5 Å². The largest absolute Gasteiger partial charge is 0.486 e. The van der Waals surface area contributed by atoms with Gasteiger partial charge in [0.05, 0.1) is 12.0 Å². The molecule has 1 atom stereocenters. The van der Waals surface area contributed by atoms with Crippen LogP contribution in [0, 0.1) is 5.92 Å². The number of rotatable bonds is 3. The van der Waals surface area contributed by atoms with E-state index in [0.29, 0.717) is 13.2 Å². The molecule has 102 valence electrons. The second kappa shape index (κ2) is 5.09. The fourth-order valence-electron chi connectivity index (χ4n) is 2.22. The average molecular weight is 262 g/mol. The van der Waals surface area contributed by atoms with Crippen molar-refractivity contribution in [2.75, 3.05) is 26.3 Å². The first-order chi connectivity index (χ1) is 9.24. The molecular weight excluding hydrogens is 244 g/mol. The number of ether oxygens (including phenoxy) is 2. The third-order valence-electron chi connectivity index (χ3n) is 3.58. The number of nitrogens with one attached hydrogen (secondary N) is 2. The van der Waals surface area contributed by atoms with Crippen molar-refractivity contribution >= 4 is 5.91 Å². The Hall–Kier alpha value is -1.75. The maximum atomic E-state index is 11.9. The fraction of sp³-hybridized carbons (Fsp3) is 0.500. The molecule has 0 aromatic heterocycles. The van der Waals surface area contributed by atoms with Gasteiger partial charge in [0.1, 0.15) is 13.2 Å². The highest BCUT2D eigenvalue weighted by Gasteiger charge is 2.26. The number of benzene rings is 1. The normalized spacial score (nSPS) is 19.4. The van der Waals surface area contributed by atoms with Gasteiger partial charge in [-0.15, -0.1) is 0 Å². The van der Waals surface area contributed by atoms with Gasteiger partial charge in [0.15, 0.2) is 11.5 Å². The SMILES string of the molecule is CC(NC(=O)C1CNC1)c1ccc2c(c1)OCCO2. The lowest BCUT2D eigenvalue weighted by atomic mass is 10.0. The zero-order valence-electron chi connectivity index (χ0n) is 10.9. The van der Waals surface area contributed by atoms with Crippen LogP contribution >= 0.6 is 0 Å². The standard InChI is InChI=1S/C14H18N2O3/c1-9(16-14(17)11-7-15-8-11)10-2-3-12-13(6-10)19-5-4-18-12/h2-3,6,9,11,15H,4-5,7-8H2,1H3,(H,16,17). The summed E-state index contributed by atoms with van der Waals surface area (Å²) in [6.07, 6.45) is 0. The molecule has 19 heavy (non-hydrogen) atoms. The number of amides is 1. The summed E-state index contributed by atoms with van der Waals surface area (Å²) >= 11 is 0. The van der Waals surface area contributed by atoms with Crippen molar-refractivity contribution in [2.24, 2.45) is 5.92 Å². The molecule has 2 aliphatic heterocycles. The van der Waals surface area contributed by atoms with Crippen LogP contribution in [0.5, 0.6) is 11.5 Å². The van der Waals surface area contributed by atoms with Crippen LogP contribution in [-0.4, -0.2) is 32.2 Å². The summed E-state index contributed by atoms with van der Waals surface area (Å²) in [7, 11) is 0. The van der Waals surface area contributed by atoms with Crippen molar-refractivity contribution in [1.29, 1.82) is 0 Å². The maximum Gasteiger partial charge on any atom is 0.226 e. The zero-order chi connectivity index (χ0) is 13.2. The summed E-state index contributed by atoms with van der Waals surface area (Å²) < 4.78 is 11.0. The molecule has 1 saturated heterocycles. The third-order valence-corrected chi connectivity index (χ3v) is 3.58. The van der Waals surface area contributed by atoms with Crippen molar-refractivity contribution < 1.29 is 14.3 Å². The Morgan fingerprint density at radius 3 is 2.74 bits per heavy atom. The van der Waals surface area contributed by atoms with E-state index in [1.54, 1.807) is 0 Å². The first-order valence-corrected chi connectivity index (χ1v) is 6.64. The Labute approximate surface area is 112 Å². The number of carbonyl (C=O) groups is 1. The molecule has 1 fully saturated rings. The molecule has 0 bridgehead atoms.